The summed E-state index contributed by atoms with van der Waals surface area (Å²) < 4.78 is 5.19. The van der Waals surface area contributed by atoms with E-state index >= 15 is 0 Å². The second-order valence-electron chi connectivity index (χ2n) is 5.05. The van der Waals surface area contributed by atoms with Crippen LogP contribution >= 0.6 is 0 Å². The Morgan fingerprint density at radius 1 is 1.37 bits per heavy atom. The van der Waals surface area contributed by atoms with Crippen molar-refractivity contribution in [2.75, 3.05) is 13.7 Å². The van der Waals surface area contributed by atoms with Crippen molar-refractivity contribution >= 4 is 5.69 Å². The van der Waals surface area contributed by atoms with Crippen LogP contribution in [0.5, 0.6) is 0 Å². The van der Waals surface area contributed by atoms with Crippen LogP contribution in [-0.4, -0.2) is 24.7 Å². The minimum Gasteiger partial charge on any atom is -0.383 e. The van der Waals surface area contributed by atoms with Gasteiger partial charge in [-0.15, -0.1) is 0 Å². The third-order valence-corrected chi connectivity index (χ3v) is 3.20. The lowest BCUT2D eigenvalue weighted by molar-refractivity contribution is -0.384. The van der Waals surface area contributed by atoms with Gasteiger partial charge in [0.05, 0.1) is 11.5 Å². The highest BCUT2D eigenvalue weighted by atomic mass is 16.6. The Morgan fingerprint density at radius 2 is 2.05 bits per heavy atom. The summed E-state index contributed by atoms with van der Waals surface area (Å²) in [4.78, 5) is 10.4. The van der Waals surface area contributed by atoms with Crippen LogP contribution < -0.4 is 5.32 Å². The molecule has 1 rings (SSSR count). The van der Waals surface area contributed by atoms with Gasteiger partial charge in [0.1, 0.15) is 0 Å². The van der Waals surface area contributed by atoms with Crippen molar-refractivity contribution in [3.8, 4) is 0 Å². The number of nitro groups is 1. The zero-order valence-corrected chi connectivity index (χ0v) is 11.9. The van der Waals surface area contributed by atoms with E-state index in [2.05, 4.69) is 19.2 Å². The molecule has 5 heteroatoms. The molecule has 2 atom stereocenters. The molecule has 106 valence electrons. The predicted molar refractivity (Wildman–Crippen MR) is 75.1 cm³/mol. The van der Waals surface area contributed by atoms with Crippen LogP contribution in [0.3, 0.4) is 0 Å². The van der Waals surface area contributed by atoms with Crippen LogP contribution in [0.1, 0.15) is 32.4 Å². The quantitative estimate of drug-likeness (QED) is 0.608. The van der Waals surface area contributed by atoms with E-state index in [-0.39, 0.29) is 22.7 Å². The second-order valence-corrected chi connectivity index (χ2v) is 5.05. The highest BCUT2D eigenvalue weighted by Gasteiger charge is 2.17. The summed E-state index contributed by atoms with van der Waals surface area (Å²) in [5.74, 6) is 0.432. The topological polar surface area (TPSA) is 64.4 Å². The summed E-state index contributed by atoms with van der Waals surface area (Å²) in [5.41, 5.74) is 1.04. The second kappa shape index (κ2) is 7.21. The van der Waals surface area contributed by atoms with Crippen LogP contribution in [0.4, 0.5) is 5.69 Å². The first-order valence-electron chi connectivity index (χ1n) is 6.45. The monoisotopic (exact) mass is 266 g/mol. The first-order chi connectivity index (χ1) is 8.95. The average Bonchev–Trinajstić information content (AvgIpc) is 2.38. The van der Waals surface area contributed by atoms with E-state index in [4.69, 9.17) is 4.74 Å². The zero-order valence-electron chi connectivity index (χ0n) is 11.9. The summed E-state index contributed by atoms with van der Waals surface area (Å²) in [6.07, 6.45) is 0. The summed E-state index contributed by atoms with van der Waals surface area (Å²) >= 11 is 0. The van der Waals surface area contributed by atoms with Gasteiger partial charge in [-0.05, 0) is 18.4 Å². The van der Waals surface area contributed by atoms with Crippen molar-refractivity contribution in [3.63, 3.8) is 0 Å². The Bertz CT molecular complexity index is 421. The maximum atomic E-state index is 10.8. The number of hydrogen-bond acceptors (Lipinski definition) is 4. The van der Waals surface area contributed by atoms with Crippen LogP contribution in [0, 0.1) is 16.0 Å². The van der Waals surface area contributed by atoms with Gasteiger partial charge in [-0.1, -0.05) is 26.0 Å². The number of methoxy groups -OCH3 is 1. The third kappa shape index (κ3) is 4.61. The first-order valence-corrected chi connectivity index (χ1v) is 6.45. The smallest absolute Gasteiger partial charge is 0.269 e. The lowest BCUT2D eigenvalue weighted by Crippen LogP contribution is -2.39. The van der Waals surface area contributed by atoms with Crippen LogP contribution in [-0.2, 0) is 4.74 Å². The molecule has 1 aromatic carbocycles. The molecule has 0 radical (unpaired) electrons. The van der Waals surface area contributed by atoms with E-state index in [9.17, 15) is 10.1 Å². The van der Waals surface area contributed by atoms with Crippen LogP contribution in [0.15, 0.2) is 24.3 Å². The SMILES string of the molecule is COCC(NC(C)c1cccc([N+](=O)[O-])c1)C(C)C. The van der Waals surface area contributed by atoms with E-state index in [0.29, 0.717) is 12.5 Å². The molecule has 0 aliphatic heterocycles. The maximum Gasteiger partial charge on any atom is 0.269 e. The Morgan fingerprint density at radius 3 is 2.58 bits per heavy atom. The van der Waals surface area contributed by atoms with E-state index in [1.165, 1.54) is 6.07 Å². The fourth-order valence-corrected chi connectivity index (χ4v) is 1.94. The van der Waals surface area contributed by atoms with Gasteiger partial charge in [-0.25, -0.2) is 0 Å². The lowest BCUT2D eigenvalue weighted by Gasteiger charge is -2.26. The Labute approximate surface area is 114 Å². The fraction of sp³-hybridized carbons (Fsp3) is 0.571. The largest absolute Gasteiger partial charge is 0.383 e. The molecule has 0 heterocycles. The number of hydrogen-bond donors (Lipinski definition) is 1. The lowest BCUT2D eigenvalue weighted by atomic mass is 10.0. The summed E-state index contributed by atoms with van der Waals surface area (Å²) in [5, 5.41) is 14.2. The minimum atomic E-state index is -0.370. The summed E-state index contributed by atoms with van der Waals surface area (Å²) in [7, 11) is 1.68. The van der Waals surface area contributed by atoms with E-state index in [0.717, 1.165) is 5.56 Å². The highest BCUT2D eigenvalue weighted by Crippen LogP contribution is 2.20. The molecular formula is C14H22N2O3. The van der Waals surface area contributed by atoms with Gasteiger partial charge in [-0.2, -0.15) is 0 Å². The van der Waals surface area contributed by atoms with Crippen molar-refractivity contribution in [2.24, 2.45) is 5.92 Å². The molecule has 2 unspecified atom stereocenters. The normalized spacial score (nSPS) is 14.4. The van der Waals surface area contributed by atoms with E-state index in [1.807, 2.05) is 13.0 Å². The van der Waals surface area contributed by atoms with Crippen molar-refractivity contribution in [1.82, 2.24) is 5.32 Å². The molecule has 0 saturated heterocycles. The van der Waals surface area contributed by atoms with Gasteiger partial charge in [-0.3, -0.25) is 10.1 Å². The number of benzene rings is 1. The molecule has 0 aliphatic rings. The Hall–Kier alpha value is -1.46. The fourth-order valence-electron chi connectivity index (χ4n) is 1.94. The van der Waals surface area contributed by atoms with Gasteiger partial charge >= 0.3 is 0 Å². The van der Waals surface area contributed by atoms with Crippen molar-refractivity contribution in [1.29, 1.82) is 0 Å². The predicted octanol–water partition coefficient (Wildman–Crippen LogP) is 2.92. The van der Waals surface area contributed by atoms with Crippen LogP contribution in [0.25, 0.3) is 0 Å². The molecule has 0 amide bonds. The number of non-ortho nitro benzene ring substituents is 1. The number of nitrogens with one attached hydrogen (secondary N) is 1. The number of rotatable bonds is 7. The molecule has 0 aromatic heterocycles. The molecule has 1 N–H and O–H groups in total. The number of ether oxygens (including phenoxy) is 1. The molecule has 19 heavy (non-hydrogen) atoms. The minimum absolute atomic E-state index is 0.0439. The van der Waals surface area contributed by atoms with Crippen molar-refractivity contribution in [2.45, 2.75) is 32.9 Å². The molecule has 0 bridgehead atoms. The molecule has 0 fully saturated rings. The van der Waals surface area contributed by atoms with Gasteiger partial charge in [0.2, 0.25) is 0 Å². The standard InChI is InChI=1S/C14H22N2O3/c1-10(2)14(9-19-4)15-11(3)12-6-5-7-13(8-12)16(17)18/h5-8,10-11,14-15H,9H2,1-4H3. The van der Waals surface area contributed by atoms with Gasteiger partial charge in [0, 0.05) is 31.3 Å². The molecule has 1 aromatic rings. The number of nitro benzene ring substituents is 1. The van der Waals surface area contributed by atoms with Crippen molar-refractivity contribution < 1.29 is 9.66 Å². The highest BCUT2D eigenvalue weighted by molar-refractivity contribution is 5.35. The molecule has 0 aliphatic carbocycles. The van der Waals surface area contributed by atoms with Gasteiger partial charge in [0.25, 0.3) is 5.69 Å². The van der Waals surface area contributed by atoms with E-state index in [1.54, 1.807) is 19.2 Å². The zero-order chi connectivity index (χ0) is 14.4. The van der Waals surface area contributed by atoms with Gasteiger partial charge < -0.3 is 10.1 Å². The van der Waals surface area contributed by atoms with Crippen molar-refractivity contribution in [3.05, 3.63) is 39.9 Å². The maximum absolute atomic E-state index is 10.8. The summed E-state index contributed by atoms with van der Waals surface area (Å²) in [6.45, 7) is 6.87. The molecule has 5 nitrogen and oxygen atoms in total. The third-order valence-electron chi connectivity index (χ3n) is 3.20. The first kappa shape index (κ1) is 15.6. The van der Waals surface area contributed by atoms with Crippen LogP contribution in [0.2, 0.25) is 0 Å². The average molecular weight is 266 g/mol. The Kier molecular flexibility index (Phi) is 5.92. The molecule has 0 spiro atoms. The Balaban J connectivity index is 2.78. The molecular weight excluding hydrogens is 244 g/mol. The number of nitrogens with zero attached hydrogens (tertiary/aromatic N) is 1. The summed E-state index contributed by atoms with van der Waals surface area (Å²) in [6, 6.07) is 7.00. The van der Waals surface area contributed by atoms with Gasteiger partial charge in [0.15, 0.2) is 0 Å². The molecule has 0 saturated carbocycles. The van der Waals surface area contributed by atoms with E-state index < -0.39 is 0 Å².